The molecule has 0 aromatic heterocycles. The molecule has 0 amide bonds. The summed E-state index contributed by atoms with van der Waals surface area (Å²) in [5.41, 5.74) is 0.380. The molecule has 0 aromatic carbocycles. The van der Waals surface area contributed by atoms with Crippen molar-refractivity contribution in [2.75, 3.05) is 0 Å². The van der Waals surface area contributed by atoms with E-state index in [0.717, 1.165) is 25.5 Å². The van der Waals surface area contributed by atoms with E-state index in [1.54, 1.807) is 0 Å². The lowest BCUT2D eigenvalue weighted by Gasteiger charge is -1.94. The zero-order valence-corrected chi connectivity index (χ0v) is 7.21. The van der Waals surface area contributed by atoms with Crippen LogP contribution in [0.2, 0.25) is 0 Å². The molecule has 0 aliphatic heterocycles. The minimum atomic E-state index is 0. The Balaban J connectivity index is 0. The van der Waals surface area contributed by atoms with Gasteiger partial charge in [-0.25, -0.2) is 0 Å². The minimum Gasteiger partial charge on any atom is -0.313 e. The predicted octanol–water partition coefficient (Wildman–Crippen LogP) is 2.29. The van der Waals surface area contributed by atoms with Crippen molar-refractivity contribution in [3.63, 3.8) is 0 Å². The summed E-state index contributed by atoms with van der Waals surface area (Å²) in [6.45, 7) is 0. The van der Waals surface area contributed by atoms with Gasteiger partial charge in [0.15, 0.2) is 0 Å². The normalized spacial score (nSPS) is 8.00. The highest BCUT2D eigenvalue weighted by Crippen LogP contribution is 1.97. The topological polar surface area (TPSA) is 71.6 Å². The first-order valence-corrected chi connectivity index (χ1v) is 3.38. The van der Waals surface area contributed by atoms with Crippen LogP contribution in [0, 0.1) is 16.2 Å². The van der Waals surface area contributed by atoms with E-state index in [9.17, 15) is 0 Å². The van der Waals surface area contributed by atoms with Gasteiger partial charge in [-0.05, 0) is 31.9 Å². The second kappa shape index (κ2) is 9.30. The Labute approximate surface area is 73.1 Å². The number of hydrogen-bond acceptors (Lipinski definition) is 3. The van der Waals surface area contributed by atoms with Crippen LogP contribution in [0.5, 0.6) is 0 Å². The Morgan fingerprint density at radius 2 is 1.82 bits per heavy atom. The van der Waals surface area contributed by atoms with E-state index in [1.165, 1.54) is 6.21 Å². The highest BCUT2D eigenvalue weighted by molar-refractivity contribution is 6.27. The van der Waals surface area contributed by atoms with Crippen molar-refractivity contribution < 1.29 is 0 Å². The lowest BCUT2D eigenvalue weighted by molar-refractivity contribution is 0.800. The molecule has 0 aromatic rings. The molecule has 0 radical (unpaired) electrons. The molecule has 3 N–H and O–H groups in total. The number of nitrogens with one attached hydrogen (secondary N) is 3. The van der Waals surface area contributed by atoms with Gasteiger partial charge in [0.05, 0.1) is 0 Å². The lowest BCUT2D eigenvalue weighted by atomic mass is 10.1. The van der Waals surface area contributed by atoms with Gasteiger partial charge >= 0.3 is 0 Å². The highest BCUT2D eigenvalue weighted by atomic mass is 35.5. The van der Waals surface area contributed by atoms with E-state index in [1.807, 2.05) is 0 Å². The minimum absolute atomic E-state index is 0. The number of hydrogen-bond donors (Lipinski definition) is 3. The van der Waals surface area contributed by atoms with Crippen LogP contribution < -0.4 is 0 Å². The van der Waals surface area contributed by atoms with Crippen molar-refractivity contribution in [2.24, 2.45) is 0 Å². The van der Waals surface area contributed by atoms with Gasteiger partial charge < -0.3 is 16.2 Å². The van der Waals surface area contributed by atoms with Gasteiger partial charge in [-0.3, -0.25) is 0 Å². The van der Waals surface area contributed by atoms with E-state index in [-0.39, 0.29) is 12.4 Å². The molecular formula is C7H14ClN3. The maximum Gasteiger partial charge on any atom is 0.0489 e. The zero-order chi connectivity index (χ0) is 7.82. The fourth-order valence-electron chi connectivity index (χ4n) is 0.634. The zero-order valence-electron chi connectivity index (χ0n) is 6.39. The monoisotopic (exact) mass is 175 g/mol. The smallest absolute Gasteiger partial charge is 0.0489 e. The van der Waals surface area contributed by atoms with Gasteiger partial charge in [0.25, 0.3) is 0 Å². The molecule has 4 heteroatoms. The molecule has 0 saturated carbocycles. The summed E-state index contributed by atoms with van der Waals surface area (Å²) >= 11 is 0. The average molecular weight is 176 g/mol. The SMILES string of the molecule is Cl.N=CCCCCC(=N)C=N. The van der Waals surface area contributed by atoms with Crippen LogP contribution in [0.1, 0.15) is 25.7 Å². The summed E-state index contributed by atoms with van der Waals surface area (Å²) in [6.07, 6.45) is 5.81. The first-order chi connectivity index (χ1) is 4.81. The van der Waals surface area contributed by atoms with Crippen LogP contribution in [0.15, 0.2) is 0 Å². The summed E-state index contributed by atoms with van der Waals surface area (Å²) in [4.78, 5) is 0. The van der Waals surface area contributed by atoms with Gasteiger partial charge in [-0.15, -0.1) is 12.4 Å². The third-order valence-corrected chi connectivity index (χ3v) is 1.22. The number of rotatable bonds is 6. The second-order valence-electron chi connectivity index (χ2n) is 2.12. The summed E-state index contributed by atoms with van der Waals surface area (Å²) in [5.74, 6) is 0. The average Bonchev–Trinajstić information content (AvgIpc) is 1.98. The molecule has 0 aliphatic rings. The van der Waals surface area contributed by atoms with Gasteiger partial charge in [-0.1, -0.05) is 0 Å². The van der Waals surface area contributed by atoms with Crippen LogP contribution in [0.4, 0.5) is 0 Å². The van der Waals surface area contributed by atoms with Crippen molar-refractivity contribution in [3.05, 3.63) is 0 Å². The molecule has 0 fully saturated rings. The van der Waals surface area contributed by atoms with Gasteiger partial charge in [-0.2, -0.15) is 0 Å². The van der Waals surface area contributed by atoms with E-state index < -0.39 is 0 Å². The summed E-state index contributed by atoms with van der Waals surface area (Å²) in [6, 6.07) is 0. The van der Waals surface area contributed by atoms with E-state index >= 15 is 0 Å². The third kappa shape index (κ3) is 9.30. The Kier molecular flexibility index (Phi) is 10.9. The van der Waals surface area contributed by atoms with Gasteiger partial charge in [0.2, 0.25) is 0 Å². The summed E-state index contributed by atoms with van der Waals surface area (Å²) < 4.78 is 0. The Bertz CT molecular complexity index is 134. The largest absolute Gasteiger partial charge is 0.313 e. The molecule has 0 heterocycles. The summed E-state index contributed by atoms with van der Waals surface area (Å²) in [5, 5.41) is 20.5. The number of unbranched alkanes of at least 4 members (excludes halogenated alkanes) is 2. The summed E-state index contributed by atoms with van der Waals surface area (Å²) in [7, 11) is 0. The molecular weight excluding hydrogens is 162 g/mol. The fraction of sp³-hybridized carbons (Fsp3) is 0.571. The first kappa shape index (κ1) is 12.9. The van der Waals surface area contributed by atoms with Crippen LogP contribution in [0.3, 0.4) is 0 Å². The van der Waals surface area contributed by atoms with Crippen molar-refractivity contribution in [3.8, 4) is 0 Å². The molecule has 64 valence electrons. The Hall–Kier alpha value is -0.700. The Morgan fingerprint density at radius 1 is 1.18 bits per heavy atom. The van der Waals surface area contributed by atoms with E-state index in [4.69, 9.17) is 16.2 Å². The lowest BCUT2D eigenvalue weighted by Crippen LogP contribution is -1.95. The van der Waals surface area contributed by atoms with Gasteiger partial charge in [0, 0.05) is 11.9 Å². The van der Waals surface area contributed by atoms with Crippen molar-refractivity contribution >= 4 is 30.5 Å². The molecule has 0 spiro atoms. The number of halogens is 1. The molecule has 3 nitrogen and oxygen atoms in total. The maximum absolute atomic E-state index is 7.07. The van der Waals surface area contributed by atoms with Crippen LogP contribution in [-0.2, 0) is 0 Å². The van der Waals surface area contributed by atoms with Crippen molar-refractivity contribution in [2.45, 2.75) is 25.7 Å². The van der Waals surface area contributed by atoms with Crippen LogP contribution >= 0.6 is 12.4 Å². The second-order valence-corrected chi connectivity index (χ2v) is 2.12. The van der Waals surface area contributed by atoms with Crippen LogP contribution in [-0.4, -0.2) is 18.1 Å². The molecule has 0 bridgehead atoms. The van der Waals surface area contributed by atoms with Crippen LogP contribution in [0.25, 0.3) is 0 Å². The van der Waals surface area contributed by atoms with Crippen molar-refractivity contribution in [1.82, 2.24) is 0 Å². The first-order valence-electron chi connectivity index (χ1n) is 3.38. The van der Waals surface area contributed by atoms with E-state index in [0.29, 0.717) is 12.1 Å². The molecule has 11 heavy (non-hydrogen) atoms. The molecule has 0 atom stereocenters. The molecule has 0 rings (SSSR count). The molecule has 0 saturated heterocycles. The highest BCUT2D eigenvalue weighted by Gasteiger charge is 1.90. The Morgan fingerprint density at radius 3 is 2.27 bits per heavy atom. The quantitative estimate of drug-likeness (QED) is 0.410. The molecule has 0 unspecified atom stereocenters. The van der Waals surface area contributed by atoms with Crippen molar-refractivity contribution in [1.29, 1.82) is 16.2 Å². The molecule has 0 aliphatic carbocycles. The third-order valence-electron chi connectivity index (χ3n) is 1.22. The predicted molar refractivity (Wildman–Crippen MR) is 51.0 cm³/mol. The maximum atomic E-state index is 7.07. The standard InChI is InChI=1S/C7H13N3.ClH/c8-5-3-1-2-4-7(10)6-9;/h5-6,8-10H,1-4H2;1H. The van der Waals surface area contributed by atoms with Gasteiger partial charge in [0.1, 0.15) is 0 Å². The van der Waals surface area contributed by atoms with E-state index in [2.05, 4.69) is 0 Å². The fourth-order valence-corrected chi connectivity index (χ4v) is 0.634.